The Morgan fingerprint density at radius 2 is 1.83 bits per heavy atom. The van der Waals surface area contributed by atoms with Crippen molar-refractivity contribution in [2.75, 3.05) is 4.72 Å². The fourth-order valence-electron chi connectivity index (χ4n) is 2.13. The van der Waals surface area contributed by atoms with E-state index in [1.165, 1.54) is 6.07 Å². The van der Waals surface area contributed by atoms with E-state index in [0.29, 0.717) is 10.7 Å². The van der Waals surface area contributed by atoms with Crippen LogP contribution in [0.4, 0.5) is 5.69 Å². The van der Waals surface area contributed by atoms with Crippen molar-refractivity contribution in [3.05, 3.63) is 40.1 Å². The van der Waals surface area contributed by atoms with E-state index in [0.717, 1.165) is 0 Å². The molecule has 8 heteroatoms. The minimum atomic E-state index is -3.86. The molecule has 0 radical (unpaired) electrons. The molecule has 1 N–H and O–H groups in total. The lowest BCUT2D eigenvalue weighted by Gasteiger charge is -2.18. The van der Waals surface area contributed by atoms with Crippen molar-refractivity contribution in [3.8, 4) is 0 Å². The van der Waals surface area contributed by atoms with Gasteiger partial charge in [-0.2, -0.15) is 5.10 Å². The topological polar surface area (TPSA) is 64.0 Å². The second-order valence-corrected chi connectivity index (χ2v) is 9.39. The van der Waals surface area contributed by atoms with Crippen molar-refractivity contribution >= 4 is 38.9 Å². The normalized spacial score (nSPS) is 12.7. The lowest BCUT2D eigenvalue weighted by Crippen LogP contribution is -2.20. The van der Waals surface area contributed by atoms with Gasteiger partial charge < -0.3 is 0 Å². The molecule has 1 aromatic carbocycles. The highest BCUT2D eigenvalue weighted by atomic mass is 35.5. The van der Waals surface area contributed by atoms with Crippen LogP contribution in [0.5, 0.6) is 0 Å². The second-order valence-electron chi connectivity index (χ2n) is 6.90. The maximum atomic E-state index is 12.9. The van der Waals surface area contributed by atoms with Gasteiger partial charge in [-0.3, -0.25) is 9.40 Å². The first-order valence-electron chi connectivity index (χ1n) is 7.49. The minimum Gasteiger partial charge on any atom is -0.278 e. The van der Waals surface area contributed by atoms with Gasteiger partial charge in [0.05, 0.1) is 16.4 Å². The van der Waals surface area contributed by atoms with Crippen molar-refractivity contribution in [3.63, 3.8) is 0 Å². The molecule has 24 heavy (non-hydrogen) atoms. The summed E-state index contributed by atoms with van der Waals surface area (Å²) in [5.41, 5.74) is 0.311. The first-order chi connectivity index (χ1) is 10.9. The van der Waals surface area contributed by atoms with E-state index in [4.69, 9.17) is 23.2 Å². The van der Waals surface area contributed by atoms with Crippen LogP contribution in [-0.2, 0) is 15.4 Å². The molecule has 132 valence electrons. The molecule has 2 rings (SSSR count). The van der Waals surface area contributed by atoms with Gasteiger partial charge in [-0.25, -0.2) is 8.42 Å². The Balaban J connectivity index is 2.55. The molecule has 0 atom stereocenters. The summed E-state index contributed by atoms with van der Waals surface area (Å²) in [7, 11) is -3.86. The number of nitrogens with zero attached hydrogens (tertiary/aromatic N) is 2. The third-order valence-electron chi connectivity index (χ3n) is 3.40. The molecular formula is C16H21Cl2N3O2S. The van der Waals surface area contributed by atoms with Crippen molar-refractivity contribution in [2.24, 2.45) is 0 Å². The Kier molecular flexibility index (Phi) is 5.23. The lowest BCUT2D eigenvalue weighted by atomic mass is 9.92. The summed E-state index contributed by atoms with van der Waals surface area (Å²) in [5, 5.41) is 5.14. The van der Waals surface area contributed by atoms with Crippen LogP contribution < -0.4 is 4.72 Å². The second kappa shape index (κ2) is 6.58. The van der Waals surface area contributed by atoms with Crippen LogP contribution in [0.25, 0.3) is 0 Å². The van der Waals surface area contributed by atoms with Crippen LogP contribution in [0.15, 0.2) is 29.3 Å². The van der Waals surface area contributed by atoms with Gasteiger partial charge in [-0.15, -0.1) is 0 Å². The Labute approximate surface area is 153 Å². The van der Waals surface area contributed by atoms with E-state index in [1.807, 2.05) is 34.6 Å². The van der Waals surface area contributed by atoms with Gasteiger partial charge in [0.2, 0.25) is 0 Å². The van der Waals surface area contributed by atoms with E-state index in [2.05, 4.69) is 9.82 Å². The van der Waals surface area contributed by atoms with Gasteiger partial charge in [-0.1, -0.05) is 44.0 Å². The summed E-state index contributed by atoms with van der Waals surface area (Å²) in [6.07, 6.45) is 1.55. The third kappa shape index (κ3) is 4.05. The number of nitrogens with one attached hydrogen (secondary N) is 1. The van der Waals surface area contributed by atoms with E-state index in [9.17, 15) is 8.42 Å². The summed E-state index contributed by atoms with van der Waals surface area (Å²) in [4.78, 5) is 0.139. The zero-order valence-corrected chi connectivity index (χ0v) is 16.6. The maximum absolute atomic E-state index is 12.9. The minimum absolute atomic E-state index is 0.0461. The molecule has 0 fully saturated rings. The highest BCUT2D eigenvalue weighted by molar-refractivity contribution is 7.92. The molecule has 0 saturated heterocycles. The van der Waals surface area contributed by atoms with Crippen LogP contribution in [0.2, 0.25) is 10.0 Å². The molecule has 1 aromatic heterocycles. The molecule has 0 amide bonds. The van der Waals surface area contributed by atoms with Crippen LogP contribution >= 0.6 is 23.2 Å². The Morgan fingerprint density at radius 3 is 2.38 bits per heavy atom. The zero-order chi connectivity index (χ0) is 18.3. The third-order valence-corrected chi connectivity index (χ3v) is 5.33. The highest BCUT2D eigenvalue weighted by Gasteiger charge is 2.30. The van der Waals surface area contributed by atoms with Crippen LogP contribution in [0.1, 0.15) is 46.4 Å². The van der Waals surface area contributed by atoms with E-state index < -0.39 is 15.4 Å². The molecule has 0 unspecified atom stereocenters. The summed E-state index contributed by atoms with van der Waals surface area (Å²) in [5.74, 6) is 0. The molecule has 0 bridgehead atoms. The van der Waals surface area contributed by atoms with E-state index in [-0.39, 0.29) is 21.6 Å². The summed E-state index contributed by atoms with van der Waals surface area (Å²) in [6.45, 7) is 9.65. The number of benzene rings is 1. The van der Waals surface area contributed by atoms with Gasteiger partial charge in [0.15, 0.2) is 0 Å². The molecule has 0 aliphatic carbocycles. The standard InChI is InChI=1S/C16H21Cl2N3O2S/c1-10(2)21-9-14(15(19-21)16(3,4)5)24(22,23)20-13-8-11(17)6-7-12(13)18/h6-10,20H,1-5H3. The summed E-state index contributed by atoms with van der Waals surface area (Å²) < 4.78 is 30.0. The van der Waals surface area contributed by atoms with Crippen LogP contribution in [-0.4, -0.2) is 18.2 Å². The van der Waals surface area contributed by atoms with Gasteiger partial charge >= 0.3 is 0 Å². The fourth-order valence-corrected chi connectivity index (χ4v) is 3.94. The Bertz CT molecular complexity index is 853. The van der Waals surface area contributed by atoms with Crippen molar-refractivity contribution in [1.29, 1.82) is 0 Å². The lowest BCUT2D eigenvalue weighted by molar-refractivity contribution is 0.493. The summed E-state index contributed by atoms with van der Waals surface area (Å²) >= 11 is 12.0. The van der Waals surface area contributed by atoms with Crippen molar-refractivity contribution < 1.29 is 8.42 Å². The van der Waals surface area contributed by atoms with Gasteiger partial charge in [0, 0.05) is 22.7 Å². The molecule has 0 aliphatic rings. The first kappa shape index (κ1) is 19.1. The number of anilines is 1. The maximum Gasteiger partial charge on any atom is 0.265 e. The molecule has 5 nitrogen and oxygen atoms in total. The number of sulfonamides is 1. The van der Waals surface area contributed by atoms with Gasteiger partial charge in [-0.05, 0) is 32.0 Å². The number of hydrogen-bond donors (Lipinski definition) is 1. The highest BCUT2D eigenvalue weighted by Crippen LogP contribution is 2.32. The summed E-state index contributed by atoms with van der Waals surface area (Å²) in [6, 6.07) is 4.67. The number of aromatic nitrogens is 2. The van der Waals surface area contributed by atoms with E-state index >= 15 is 0 Å². The zero-order valence-electron chi connectivity index (χ0n) is 14.3. The average molecular weight is 390 g/mol. The smallest absolute Gasteiger partial charge is 0.265 e. The first-order valence-corrected chi connectivity index (χ1v) is 9.73. The molecule has 0 spiro atoms. The van der Waals surface area contributed by atoms with E-state index in [1.54, 1.807) is 23.0 Å². The number of halogens is 2. The molecule has 0 saturated carbocycles. The molecule has 2 aromatic rings. The molecular weight excluding hydrogens is 369 g/mol. The van der Waals surface area contributed by atoms with Crippen LogP contribution in [0.3, 0.4) is 0 Å². The number of rotatable bonds is 4. The quantitative estimate of drug-likeness (QED) is 0.810. The molecule has 0 aliphatic heterocycles. The predicted octanol–water partition coefficient (Wildman–Crippen LogP) is 4.87. The monoisotopic (exact) mass is 389 g/mol. The fraction of sp³-hybridized carbons (Fsp3) is 0.438. The Hall–Kier alpha value is -1.24. The van der Waals surface area contributed by atoms with Gasteiger partial charge in [0.25, 0.3) is 10.0 Å². The average Bonchev–Trinajstić information content (AvgIpc) is 2.89. The van der Waals surface area contributed by atoms with Gasteiger partial charge in [0.1, 0.15) is 4.90 Å². The predicted molar refractivity (Wildman–Crippen MR) is 98.6 cm³/mol. The number of hydrogen-bond acceptors (Lipinski definition) is 3. The molecule has 1 heterocycles. The van der Waals surface area contributed by atoms with Crippen LogP contribution in [0, 0.1) is 0 Å². The largest absolute Gasteiger partial charge is 0.278 e. The van der Waals surface area contributed by atoms with Crippen molar-refractivity contribution in [2.45, 2.75) is 51.0 Å². The SMILES string of the molecule is CC(C)n1cc(S(=O)(=O)Nc2cc(Cl)ccc2Cl)c(C(C)(C)C)n1. The van der Waals surface area contributed by atoms with Crippen molar-refractivity contribution in [1.82, 2.24) is 9.78 Å². The Morgan fingerprint density at radius 1 is 1.21 bits per heavy atom.